The Balaban J connectivity index is 1.99. The molecule has 3 aromatic rings. The number of fused-ring (bicyclic) bond motifs is 1. The Kier molecular flexibility index (Phi) is 6.42. The summed E-state index contributed by atoms with van der Waals surface area (Å²) in [5.74, 6) is 0.951. The Hall–Kier alpha value is -1.82. The van der Waals surface area contributed by atoms with Gasteiger partial charge >= 0.3 is 6.18 Å². The molecule has 0 fully saturated rings. The second-order valence-corrected chi connectivity index (χ2v) is 9.19. The second-order valence-electron chi connectivity index (χ2n) is 6.08. The molecule has 0 saturated heterocycles. The summed E-state index contributed by atoms with van der Waals surface area (Å²) in [7, 11) is -4.28. The summed E-state index contributed by atoms with van der Waals surface area (Å²) in [6.45, 7) is 0. The minimum atomic E-state index is -4.77. The molecule has 6 nitrogen and oxygen atoms in total. The number of pyridine rings is 1. The Morgan fingerprint density at radius 1 is 1.24 bits per heavy atom. The molecular weight excluding hydrogens is 449 g/mol. The fourth-order valence-electron chi connectivity index (χ4n) is 2.72. The lowest BCUT2D eigenvalue weighted by molar-refractivity contribution is -0.137. The lowest BCUT2D eigenvalue weighted by Crippen LogP contribution is -2.30. The summed E-state index contributed by atoms with van der Waals surface area (Å²) in [5, 5.41) is 7.52. The highest BCUT2D eigenvalue weighted by Gasteiger charge is 2.35. The van der Waals surface area contributed by atoms with E-state index in [0.29, 0.717) is 29.7 Å². The van der Waals surface area contributed by atoms with E-state index in [4.69, 9.17) is 11.6 Å². The number of rotatable bonds is 7. The summed E-state index contributed by atoms with van der Waals surface area (Å²) in [6, 6.07) is 6.92. The van der Waals surface area contributed by atoms with Gasteiger partial charge in [-0.25, -0.2) is 13.1 Å². The van der Waals surface area contributed by atoms with Crippen molar-refractivity contribution in [1.29, 1.82) is 0 Å². The topological polar surface area (TPSA) is 76.4 Å². The minimum Gasteiger partial charge on any atom is -0.285 e. The zero-order chi connectivity index (χ0) is 21.2. The molecule has 0 aliphatic heterocycles. The maximum atomic E-state index is 13.1. The van der Waals surface area contributed by atoms with Crippen molar-refractivity contribution in [2.45, 2.75) is 23.5 Å². The van der Waals surface area contributed by atoms with Crippen LogP contribution in [-0.2, 0) is 16.2 Å². The highest BCUT2D eigenvalue weighted by Crippen LogP contribution is 2.36. The lowest BCUT2D eigenvalue weighted by atomic mass is 10.2. The Morgan fingerprint density at radius 2 is 2.00 bits per heavy atom. The predicted molar refractivity (Wildman–Crippen MR) is 106 cm³/mol. The summed E-state index contributed by atoms with van der Waals surface area (Å²) in [4.78, 5) is -0.530. The highest BCUT2D eigenvalue weighted by atomic mass is 35.5. The molecule has 0 aliphatic rings. The molecule has 12 heteroatoms. The molecule has 0 radical (unpaired) electrons. The quantitative estimate of drug-likeness (QED) is 0.567. The van der Waals surface area contributed by atoms with Gasteiger partial charge in [0.25, 0.3) is 0 Å². The molecule has 0 bridgehead atoms. The normalized spacial score (nSPS) is 13.7. The molecule has 2 aromatic heterocycles. The van der Waals surface area contributed by atoms with Crippen LogP contribution in [0.3, 0.4) is 0 Å². The van der Waals surface area contributed by atoms with E-state index in [1.54, 1.807) is 28.8 Å². The summed E-state index contributed by atoms with van der Waals surface area (Å²) in [5.41, 5.74) is -0.683. The van der Waals surface area contributed by atoms with Gasteiger partial charge in [-0.2, -0.15) is 24.9 Å². The maximum Gasteiger partial charge on any atom is 0.417 e. The van der Waals surface area contributed by atoms with E-state index in [1.165, 1.54) is 11.8 Å². The predicted octanol–water partition coefficient (Wildman–Crippen LogP) is 4.17. The van der Waals surface area contributed by atoms with Crippen LogP contribution in [0.2, 0.25) is 5.02 Å². The number of aromatic nitrogens is 3. The van der Waals surface area contributed by atoms with Crippen molar-refractivity contribution in [3.05, 3.63) is 59.0 Å². The number of hydrogen-bond acceptors (Lipinski definition) is 5. The Bertz CT molecular complexity index is 1120. The SMILES string of the molecule is CSCC[C@H](NS(=O)(=O)c1ccc(Cl)c(C(F)(F)F)c1)c1nnc2ccccn12. The number of alkyl halides is 3. The van der Waals surface area contributed by atoms with Crippen LogP contribution in [0.5, 0.6) is 0 Å². The van der Waals surface area contributed by atoms with Crippen molar-refractivity contribution >= 4 is 39.0 Å². The number of nitrogens with one attached hydrogen (secondary N) is 1. The molecule has 3 rings (SSSR count). The van der Waals surface area contributed by atoms with Gasteiger partial charge in [0, 0.05) is 6.20 Å². The molecule has 0 saturated carbocycles. The smallest absolute Gasteiger partial charge is 0.285 e. The van der Waals surface area contributed by atoms with Crippen molar-refractivity contribution < 1.29 is 21.6 Å². The van der Waals surface area contributed by atoms with Gasteiger partial charge in [-0.3, -0.25) is 4.40 Å². The zero-order valence-corrected chi connectivity index (χ0v) is 17.4. The summed E-state index contributed by atoms with van der Waals surface area (Å²) in [6.07, 6.45) is -0.850. The van der Waals surface area contributed by atoms with Gasteiger partial charge in [-0.05, 0) is 48.8 Å². The number of thioether (sulfide) groups is 1. The first-order chi connectivity index (χ1) is 13.6. The average Bonchev–Trinajstić information content (AvgIpc) is 3.08. The number of halogens is 4. The van der Waals surface area contributed by atoms with Crippen molar-refractivity contribution in [3.63, 3.8) is 0 Å². The molecule has 1 N–H and O–H groups in total. The van der Waals surface area contributed by atoms with Gasteiger partial charge in [0.2, 0.25) is 10.0 Å². The van der Waals surface area contributed by atoms with Gasteiger partial charge in [0.15, 0.2) is 11.5 Å². The van der Waals surface area contributed by atoms with Gasteiger partial charge < -0.3 is 0 Å². The lowest BCUT2D eigenvalue weighted by Gasteiger charge is -2.18. The van der Waals surface area contributed by atoms with Gasteiger partial charge in [0.05, 0.1) is 21.5 Å². The molecule has 156 valence electrons. The monoisotopic (exact) mass is 464 g/mol. The summed E-state index contributed by atoms with van der Waals surface area (Å²) < 4.78 is 69.1. The van der Waals surface area contributed by atoms with Crippen LogP contribution in [0.25, 0.3) is 5.65 Å². The van der Waals surface area contributed by atoms with Crippen molar-refractivity contribution in [3.8, 4) is 0 Å². The third kappa shape index (κ3) is 4.85. The van der Waals surface area contributed by atoms with E-state index < -0.39 is 37.7 Å². The van der Waals surface area contributed by atoms with Crippen LogP contribution < -0.4 is 4.72 Å². The molecule has 0 unspecified atom stereocenters. The van der Waals surface area contributed by atoms with Crippen LogP contribution in [0, 0.1) is 0 Å². The highest BCUT2D eigenvalue weighted by molar-refractivity contribution is 7.98. The molecule has 1 aromatic carbocycles. The fourth-order valence-corrected chi connectivity index (χ4v) is 4.67. The number of benzene rings is 1. The van der Waals surface area contributed by atoms with Crippen molar-refractivity contribution in [2.24, 2.45) is 0 Å². The van der Waals surface area contributed by atoms with E-state index in [2.05, 4.69) is 14.9 Å². The van der Waals surface area contributed by atoms with Crippen molar-refractivity contribution in [1.82, 2.24) is 19.3 Å². The largest absolute Gasteiger partial charge is 0.417 e. The molecule has 0 spiro atoms. The van der Waals surface area contributed by atoms with Crippen LogP contribution >= 0.6 is 23.4 Å². The molecule has 1 atom stereocenters. The van der Waals surface area contributed by atoms with Gasteiger partial charge in [0.1, 0.15) is 0 Å². The van der Waals surface area contributed by atoms with E-state index in [9.17, 15) is 21.6 Å². The Labute approximate surface area is 174 Å². The molecular formula is C17H16ClF3N4O2S2. The first-order valence-electron chi connectivity index (χ1n) is 8.31. The average molecular weight is 465 g/mol. The molecule has 0 aliphatic carbocycles. The molecule has 0 amide bonds. The van der Waals surface area contributed by atoms with Crippen LogP contribution in [0.15, 0.2) is 47.5 Å². The van der Waals surface area contributed by atoms with E-state index in [0.717, 1.165) is 12.1 Å². The minimum absolute atomic E-state index is 0.350. The van der Waals surface area contributed by atoms with E-state index >= 15 is 0 Å². The second kappa shape index (κ2) is 8.50. The Morgan fingerprint density at radius 3 is 2.69 bits per heavy atom. The zero-order valence-electron chi connectivity index (χ0n) is 15.0. The number of hydrogen-bond donors (Lipinski definition) is 1. The maximum absolute atomic E-state index is 13.1. The fraction of sp³-hybridized carbons (Fsp3) is 0.294. The molecule has 2 heterocycles. The number of sulfonamides is 1. The first-order valence-corrected chi connectivity index (χ1v) is 11.6. The van der Waals surface area contributed by atoms with Gasteiger partial charge in [-0.1, -0.05) is 17.7 Å². The van der Waals surface area contributed by atoms with Crippen LogP contribution in [-0.4, -0.2) is 35.0 Å². The van der Waals surface area contributed by atoms with Crippen LogP contribution in [0.1, 0.15) is 23.9 Å². The molecule has 29 heavy (non-hydrogen) atoms. The summed E-state index contributed by atoms with van der Waals surface area (Å²) >= 11 is 7.10. The first kappa shape index (κ1) is 21.9. The third-order valence-electron chi connectivity index (χ3n) is 4.11. The third-order valence-corrected chi connectivity index (χ3v) is 6.56. The van der Waals surface area contributed by atoms with E-state index in [1.807, 2.05) is 6.26 Å². The number of nitrogens with zero attached hydrogens (tertiary/aromatic N) is 3. The van der Waals surface area contributed by atoms with E-state index in [-0.39, 0.29) is 0 Å². The standard InChI is InChI=1S/C17H16ClF3N4O2S2/c1-28-9-7-14(16-23-22-15-4-2-3-8-25(15)16)24-29(26,27)11-5-6-13(18)12(10-11)17(19,20)21/h2-6,8,10,14,24H,7,9H2,1H3/t14-/m0/s1. The van der Waals surface area contributed by atoms with Gasteiger partial charge in [-0.15, -0.1) is 10.2 Å². The van der Waals surface area contributed by atoms with Crippen LogP contribution in [0.4, 0.5) is 13.2 Å². The van der Waals surface area contributed by atoms with Crippen molar-refractivity contribution in [2.75, 3.05) is 12.0 Å².